The van der Waals surface area contributed by atoms with E-state index in [2.05, 4.69) is 0 Å². The summed E-state index contributed by atoms with van der Waals surface area (Å²) in [6, 6.07) is 10.1. The summed E-state index contributed by atoms with van der Waals surface area (Å²) in [7, 11) is -3.55. The van der Waals surface area contributed by atoms with Crippen LogP contribution in [0.5, 0.6) is 0 Å². The third kappa shape index (κ3) is 3.19. The van der Waals surface area contributed by atoms with Crippen LogP contribution >= 0.6 is 22.7 Å². The predicted molar refractivity (Wildman–Crippen MR) is 107 cm³/mol. The third-order valence-corrected chi connectivity index (χ3v) is 10.4. The lowest BCUT2D eigenvalue weighted by molar-refractivity contribution is -0.137. The zero-order valence-corrected chi connectivity index (χ0v) is 16.7. The van der Waals surface area contributed by atoms with Gasteiger partial charge in [-0.05, 0) is 54.6 Å². The smallest absolute Gasteiger partial charge is 0.305 e. The molecular weight excluding hydrogens is 407 g/mol. The Morgan fingerprint density at radius 3 is 2.67 bits per heavy atom. The molecule has 1 aliphatic heterocycles. The van der Waals surface area contributed by atoms with Crippen molar-refractivity contribution in [1.29, 1.82) is 0 Å². The van der Waals surface area contributed by atoms with Gasteiger partial charge in [-0.3, -0.25) is 4.79 Å². The Morgan fingerprint density at radius 1 is 1.11 bits per heavy atom. The number of carbonyl (C=O) groups is 1. The normalized spacial score (nSPS) is 22.1. The molecular formula is C19H17FO4S3. The van der Waals surface area contributed by atoms with E-state index < -0.39 is 27.0 Å². The quantitative estimate of drug-likeness (QED) is 0.637. The molecule has 0 saturated carbocycles. The first-order valence-corrected chi connectivity index (χ1v) is 11.8. The van der Waals surface area contributed by atoms with Gasteiger partial charge in [-0.1, -0.05) is 6.42 Å². The van der Waals surface area contributed by atoms with Gasteiger partial charge in [-0.25, -0.2) is 12.8 Å². The van der Waals surface area contributed by atoms with Gasteiger partial charge >= 0.3 is 5.97 Å². The molecule has 1 aromatic carbocycles. The molecule has 0 spiro atoms. The molecule has 0 radical (unpaired) electrons. The van der Waals surface area contributed by atoms with E-state index in [0.717, 1.165) is 19.8 Å². The van der Waals surface area contributed by atoms with Crippen LogP contribution in [0.4, 0.5) is 4.39 Å². The van der Waals surface area contributed by atoms with E-state index in [9.17, 15) is 22.7 Å². The molecule has 0 aliphatic carbocycles. The van der Waals surface area contributed by atoms with E-state index in [4.69, 9.17) is 0 Å². The summed E-state index contributed by atoms with van der Waals surface area (Å²) in [4.78, 5) is 13.8. The first-order valence-electron chi connectivity index (χ1n) is 8.55. The number of fused-ring (bicyclic) bond motifs is 1. The van der Waals surface area contributed by atoms with Crippen LogP contribution in [0.25, 0.3) is 19.8 Å². The zero-order chi connectivity index (χ0) is 19.2. The molecule has 1 saturated heterocycles. The summed E-state index contributed by atoms with van der Waals surface area (Å²) in [6.07, 6.45) is 1.19. The van der Waals surface area contributed by atoms with Gasteiger partial charge in [0, 0.05) is 19.3 Å². The highest BCUT2D eigenvalue weighted by atomic mass is 32.2. The molecule has 0 unspecified atom stereocenters. The van der Waals surface area contributed by atoms with Crippen molar-refractivity contribution < 1.29 is 22.7 Å². The van der Waals surface area contributed by atoms with Crippen LogP contribution < -0.4 is 0 Å². The lowest BCUT2D eigenvalue weighted by Gasteiger charge is -2.34. The summed E-state index contributed by atoms with van der Waals surface area (Å²) in [6.45, 7) is 0. The van der Waals surface area contributed by atoms with Crippen molar-refractivity contribution in [2.24, 2.45) is 0 Å². The number of hydrogen-bond donors (Lipinski definition) is 1. The van der Waals surface area contributed by atoms with Crippen molar-refractivity contribution in [2.75, 3.05) is 5.75 Å². The van der Waals surface area contributed by atoms with Crippen LogP contribution in [0.15, 0.2) is 36.4 Å². The Kier molecular flexibility index (Phi) is 4.60. The average molecular weight is 425 g/mol. The molecule has 3 aromatic rings. The van der Waals surface area contributed by atoms with Crippen LogP contribution in [-0.2, 0) is 19.4 Å². The van der Waals surface area contributed by atoms with Crippen LogP contribution in [0.1, 0.15) is 30.6 Å². The van der Waals surface area contributed by atoms with Crippen molar-refractivity contribution in [2.45, 2.75) is 30.4 Å². The Hall–Kier alpha value is -1.77. The van der Waals surface area contributed by atoms with E-state index >= 15 is 0 Å². The van der Waals surface area contributed by atoms with E-state index in [0.29, 0.717) is 24.1 Å². The minimum Gasteiger partial charge on any atom is -0.481 e. The van der Waals surface area contributed by atoms with E-state index in [-0.39, 0.29) is 11.6 Å². The van der Waals surface area contributed by atoms with Crippen LogP contribution in [0.3, 0.4) is 0 Å². The van der Waals surface area contributed by atoms with E-state index in [1.54, 1.807) is 12.1 Å². The molecule has 0 amide bonds. The second-order valence-electron chi connectivity index (χ2n) is 6.80. The molecule has 1 aliphatic rings. The van der Waals surface area contributed by atoms with Gasteiger partial charge in [-0.2, -0.15) is 0 Å². The Morgan fingerprint density at radius 2 is 1.93 bits per heavy atom. The van der Waals surface area contributed by atoms with Crippen molar-refractivity contribution in [1.82, 2.24) is 0 Å². The van der Waals surface area contributed by atoms with Crippen molar-refractivity contribution >= 4 is 48.6 Å². The number of aliphatic carboxylic acids is 1. The molecule has 1 N–H and O–H groups in total. The Labute approximate surface area is 164 Å². The van der Waals surface area contributed by atoms with Gasteiger partial charge in [0.05, 0.1) is 12.2 Å². The molecule has 0 bridgehead atoms. The summed E-state index contributed by atoms with van der Waals surface area (Å²) in [5.74, 6) is -1.38. The lowest BCUT2D eigenvalue weighted by Crippen LogP contribution is -2.41. The second kappa shape index (κ2) is 6.68. The van der Waals surface area contributed by atoms with E-state index in [1.165, 1.54) is 34.8 Å². The van der Waals surface area contributed by atoms with Crippen molar-refractivity contribution in [3.8, 4) is 9.75 Å². The highest BCUT2D eigenvalue weighted by Gasteiger charge is 2.49. The molecule has 4 rings (SSSR count). The van der Waals surface area contributed by atoms with Crippen molar-refractivity contribution in [3.63, 3.8) is 0 Å². The van der Waals surface area contributed by atoms with Gasteiger partial charge in [0.1, 0.15) is 10.6 Å². The molecule has 3 heterocycles. The van der Waals surface area contributed by atoms with E-state index in [1.807, 2.05) is 12.1 Å². The largest absolute Gasteiger partial charge is 0.481 e. The molecule has 2 aromatic heterocycles. The summed E-state index contributed by atoms with van der Waals surface area (Å²) in [5.41, 5.74) is 0. The maximum Gasteiger partial charge on any atom is 0.305 e. The number of sulfone groups is 1. The number of thiophene rings is 2. The summed E-state index contributed by atoms with van der Waals surface area (Å²) in [5, 5.41) is 10.2. The Balaban J connectivity index is 1.79. The first kappa shape index (κ1) is 18.6. The lowest BCUT2D eigenvalue weighted by atomic mass is 9.95. The number of carboxylic acid groups (broad SMARTS) is 1. The Bertz CT molecular complexity index is 1130. The minimum atomic E-state index is -3.55. The molecule has 4 nitrogen and oxygen atoms in total. The number of hydrogen-bond acceptors (Lipinski definition) is 5. The average Bonchev–Trinajstić information content (AvgIpc) is 3.22. The van der Waals surface area contributed by atoms with Gasteiger partial charge in [0.2, 0.25) is 0 Å². The minimum absolute atomic E-state index is 0.0235. The van der Waals surface area contributed by atoms with Gasteiger partial charge < -0.3 is 5.11 Å². The summed E-state index contributed by atoms with van der Waals surface area (Å²) >= 11 is 2.84. The van der Waals surface area contributed by atoms with Crippen LogP contribution in [-0.4, -0.2) is 25.2 Å². The summed E-state index contributed by atoms with van der Waals surface area (Å²) < 4.78 is 38.8. The monoisotopic (exact) mass is 424 g/mol. The number of carboxylic acids is 1. The maximum absolute atomic E-state index is 13.4. The molecule has 142 valence electrons. The van der Waals surface area contributed by atoms with Crippen LogP contribution in [0.2, 0.25) is 0 Å². The van der Waals surface area contributed by atoms with Crippen LogP contribution in [0, 0.1) is 5.82 Å². The molecule has 27 heavy (non-hydrogen) atoms. The zero-order valence-electron chi connectivity index (χ0n) is 14.3. The fourth-order valence-electron chi connectivity index (χ4n) is 3.71. The number of rotatable bonds is 4. The standard InChI is InChI=1S/C19H17FO4S3/c20-13-3-4-14-12(9-13)10-16(25-14)15-5-6-17(26-15)19(11-18(21)22)7-1-2-8-27(19,23)24/h3-6,9-10H,1-2,7-8,11H2,(H,21,22)/t19-/m0/s1. The fraction of sp³-hybridized carbons (Fsp3) is 0.316. The molecule has 1 atom stereocenters. The molecule has 8 heteroatoms. The number of halogens is 1. The highest BCUT2D eigenvalue weighted by Crippen LogP contribution is 2.48. The third-order valence-electron chi connectivity index (χ3n) is 5.05. The highest BCUT2D eigenvalue weighted by molar-refractivity contribution is 7.92. The fourth-order valence-corrected chi connectivity index (χ4v) is 8.61. The van der Waals surface area contributed by atoms with Gasteiger partial charge in [-0.15, -0.1) is 22.7 Å². The van der Waals surface area contributed by atoms with Crippen molar-refractivity contribution in [3.05, 3.63) is 47.1 Å². The topological polar surface area (TPSA) is 71.4 Å². The SMILES string of the molecule is O=C(O)C[C@]1(c2ccc(-c3cc4cc(F)ccc4s3)s2)CCCCS1(=O)=O. The number of benzene rings is 1. The first-order chi connectivity index (χ1) is 12.8. The molecule has 1 fully saturated rings. The van der Waals surface area contributed by atoms with Gasteiger partial charge in [0.15, 0.2) is 9.84 Å². The van der Waals surface area contributed by atoms with Gasteiger partial charge in [0.25, 0.3) is 0 Å². The second-order valence-corrected chi connectivity index (χ2v) is 11.4. The maximum atomic E-state index is 13.4. The predicted octanol–water partition coefficient (Wildman–Crippen LogP) is 5.04.